The highest BCUT2D eigenvalue weighted by atomic mass is 32.2. The van der Waals surface area contributed by atoms with Crippen LogP contribution in [0, 0.1) is 12.8 Å². The molecule has 7 nitrogen and oxygen atoms in total. The highest BCUT2D eigenvalue weighted by molar-refractivity contribution is 8.01. The molecule has 1 heterocycles. The lowest BCUT2D eigenvalue weighted by molar-refractivity contribution is -0.118. The highest BCUT2D eigenvalue weighted by Gasteiger charge is 2.13. The van der Waals surface area contributed by atoms with E-state index in [0.717, 1.165) is 10.6 Å². The molecule has 4 amide bonds. The molecule has 22 heavy (non-hydrogen) atoms. The molecular formula is C13H20N4O3S2. The minimum absolute atomic E-state index is 0.0814. The van der Waals surface area contributed by atoms with Crippen LogP contribution in [0.4, 0.5) is 4.79 Å². The second-order valence-electron chi connectivity index (χ2n) is 5.07. The van der Waals surface area contributed by atoms with Gasteiger partial charge in [0.1, 0.15) is 0 Å². The second kappa shape index (κ2) is 8.74. The Labute approximate surface area is 137 Å². The number of urea groups is 1. The van der Waals surface area contributed by atoms with Gasteiger partial charge in [0.05, 0.1) is 17.9 Å². The summed E-state index contributed by atoms with van der Waals surface area (Å²) >= 11 is 2.55. The number of nitrogens with one attached hydrogen (secondary N) is 2. The summed E-state index contributed by atoms with van der Waals surface area (Å²) in [7, 11) is 0. The molecule has 0 saturated heterocycles. The number of carbonyl (C=O) groups is 3. The molecular weight excluding hydrogens is 324 g/mol. The van der Waals surface area contributed by atoms with Crippen LogP contribution in [0.15, 0.2) is 4.34 Å². The third kappa shape index (κ3) is 6.90. The van der Waals surface area contributed by atoms with Crippen molar-refractivity contribution in [1.82, 2.24) is 15.6 Å². The highest BCUT2D eigenvalue weighted by Crippen LogP contribution is 2.27. The van der Waals surface area contributed by atoms with Crippen LogP contribution >= 0.6 is 23.1 Å². The fraction of sp³-hybridized carbons (Fsp3) is 0.538. The van der Waals surface area contributed by atoms with Crippen molar-refractivity contribution in [2.45, 2.75) is 31.5 Å². The number of aryl methyl sites for hydroxylation is 1. The zero-order valence-corrected chi connectivity index (χ0v) is 14.4. The fourth-order valence-electron chi connectivity index (χ4n) is 1.42. The van der Waals surface area contributed by atoms with E-state index in [4.69, 9.17) is 5.73 Å². The SMILES string of the molecule is Cc1nc(SCC(=O)NC(=O)NCC(C)C)sc1CC(N)=O. The van der Waals surface area contributed by atoms with E-state index in [0.29, 0.717) is 16.8 Å². The number of amides is 4. The number of primary amides is 1. The average Bonchev–Trinajstić information content (AvgIpc) is 2.74. The van der Waals surface area contributed by atoms with E-state index < -0.39 is 17.8 Å². The molecule has 1 aromatic rings. The molecule has 4 N–H and O–H groups in total. The number of hydrogen-bond acceptors (Lipinski definition) is 6. The first kappa shape index (κ1) is 18.4. The molecule has 122 valence electrons. The second-order valence-corrected chi connectivity index (χ2v) is 7.38. The molecule has 0 radical (unpaired) electrons. The van der Waals surface area contributed by atoms with Crippen LogP contribution in [0.25, 0.3) is 0 Å². The molecule has 0 fully saturated rings. The van der Waals surface area contributed by atoms with Crippen molar-refractivity contribution in [3.63, 3.8) is 0 Å². The molecule has 9 heteroatoms. The van der Waals surface area contributed by atoms with Gasteiger partial charge in [-0.15, -0.1) is 11.3 Å². The monoisotopic (exact) mass is 344 g/mol. The first-order valence-electron chi connectivity index (χ1n) is 6.73. The lowest BCUT2D eigenvalue weighted by Gasteiger charge is -2.07. The van der Waals surface area contributed by atoms with Gasteiger partial charge in [-0.2, -0.15) is 0 Å². The molecule has 1 aromatic heterocycles. The quantitative estimate of drug-likeness (QED) is 0.640. The van der Waals surface area contributed by atoms with Crippen molar-refractivity contribution < 1.29 is 14.4 Å². The number of nitrogens with two attached hydrogens (primary N) is 1. The number of hydrogen-bond donors (Lipinski definition) is 3. The molecule has 0 unspecified atom stereocenters. The lowest BCUT2D eigenvalue weighted by atomic mass is 10.2. The number of aromatic nitrogens is 1. The van der Waals surface area contributed by atoms with E-state index in [-0.39, 0.29) is 12.2 Å². The Morgan fingerprint density at radius 3 is 2.64 bits per heavy atom. The zero-order valence-electron chi connectivity index (χ0n) is 12.8. The molecule has 0 bridgehead atoms. The van der Waals surface area contributed by atoms with Crippen molar-refractivity contribution in [3.05, 3.63) is 10.6 Å². The average molecular weight is 344 g/mol. The largest absolute Gasteiger partial charge is 0.369 e. The van der Waals surface area contributed by atoms with Crippen molar-refractivity contribution in [1.29, 1.82) is 0 Å². The summed E-state index contributed by atoms with van der Waals surface area (Å²) in [5, 5.41) is 4.85. The fourth-order valence-corrected chi connectivity index (χ4v) is 3.46. The summed E-state index contributed by atoms with van der Waals surface area (Å²) in [5.74, 6) is -0.409. The van der Waals surface area contributed by atoms with Crippen LogP contribution in [0.2, 0.25) is 0 Å². The van der Waals surface area contributed by atoms with Gasteiger partial charge in [0, 0.05) is 11.4 Å². The number of nitrogens with zero attached hydrogens (tertiary/aromatic N) is 1. The van der Waals surface area contributed by atoms with Crippen molar-refractivity contribution in [2.24, 2.45) is 11.7 Å². The van der Waals surface area contributed by atoms with E-state index in [9.17, 15) is 14.4 Å². The molecule has 0 spiro atoms. The Morgan fingerprint density at radius 2 is 2.05 bits per heavy atom. The smallest absolute Gasteiger partial charge is 0.321 e. The van der Waals surface area contributed by atoms with Crippen LogP contribution in [-0.4, -0.2) is 35.1 Å². The molecule has 0 aliphatic carbocycles. The van der Waals surface area contributed by atoms with Crippen LogP contribution in [0.3, 0.4) is 0 Å². The van der Waals surface area contributed by atoms with Crippen molar-refractivity contribution in [3.8, 4) is 0 Å². The maximum Gasteiger partial charge on any atom is 0.321 e. The van der Waals surface area contributed by atoms with Gasteiger partial charge in [-0.1, -0.05) is 25.6 Å². The van der Waals surface area contributed by atoms with Crippen LogP contribution in [0.5, 0.6) is 0 Å². The summed E-state index contributed by atoms with van der Waals surface area (Å²) in [6.07, 6.45) is 0.147. The predicted molar refractivity (Wildman–Crippen MR) is 86.9 cm³/mol. The van der Waals surface area contributed by atoms with E-state index >= 15 is 0 Å². The van der Waals surface area contributed by atoms with E-state index in [1.165, 1.54) is 23.1 Å². The molecule has 0 atom stereocenters. The molecule has 0 saturated carbocycles. The lowest BCUT2D eigenvalue weighted by Crippen LogP contribution is -2.41. The number of carbonyl (C=O) groups excluding carboxylic acids is 3. The van der Waals surface area contributed by atoms with Gasteiger partial charge in [-0.25, -0.2) is 9.78 Å². The van der Waals surface area contributed by atoms with Gasteiger partial charge >= 0.3 is 6.03 Å². The van der Waals surface area contributed by atoms with Gasteiger partial charge < -0.3 is 11.1 Å². The van der Waals surface area contributed by atoms with E-state index in [2.05, 4.69) is 15.6 Å². The Morgan fingerprint density at radius 1 is 1.36 bits per heavy atom. The van der Waals surface area contributed by atoms with Gasteiger partial charge in [-0.3, -0.25) is 14.9 Å². The maximum atomic E-state index is 11.7. The van der Waals surface area contributed by atoms with Crippen LogP contribution in [-0.2, 0) is 16.0 Å². The van der Waals surface area contributed by atoms with Gasteiger partial charge in [0.25, 0.3) is 0 Å². The third-order valence-electron chi connectivity index (χ3n) is 2.46. The Bertz CT molecular complexity index is 557. The maximum absolute atomic E-state index is 11.7. The summed E-state index contributed by atoms with van der Waals surface area (Å²) in [6.45, 7) is 6.23. The normalized spacial score (nSPS) is 10.5. The molecule has 0 aliphatic heterocycles. The van der Waals surface area contributed by atoms with E-state index in [1.807, 2.05) is 13.8 Å². The minimum atomic E-state index is -0.496. The van der Waals surface area contributed by atoms with Crippen LogP contribution < -0.4 is 16.4 Å². The first-order chi connectivity index (χ1) is 10.3. The zero-order chi connectivity index (χ0) is 16.7. The van der Waals surface area contributed by atoms with Crippen molar-refractivity contribution >= 4 is 40.9 Å². The molecule has 1 rings (SSSR count). The molecule has 0 aromatic carbocycles. The summed E-state index contributed by atoms with van der Waals surface area (Å²) in [5.41, 5.74) is 5.89. The van der Waals surface area contributed by atoms with Gasteiger partial charge in [0.2, 0.25) is 11.8 Å². The third-order valence-corrected chi connectivity index (χ3v) is 4.76. The van der Waals surface area contributed by atoms with E-state index in [1.54, 1.807) is 6.92 Å². The Hall–Kier alpha value is -1.61. The Kier molecular flexibility index (Phi) is 7.33. The topological polar surface area (TPSA) is 114 Å². The Balaban J connectivity index is 2.41. The standard InChI is InChI=1S/C13H20N4O3S2/c1-7(2)5-15-12(20)17-11(19)6-21-13-16-8(3)9(22-13)4-10(14)18/h7H,4-6H2,1-3H3,(H2,14,18)(H2,15,17,19,20). The summed E-state index contributed by atoms with van der Waals surface area (Å²) in [6, 6.07) is -0.496. The summed E-state index contributed by atoms with van der Waals surface area (Å²) < 4.78 is 0.673. The van der Waals surface area contributed by atoms with Crippen LogP contribution in [0.1, 0.15) is 24.4 Å². The number of rotatable bonds is 7. The van der Waals surface area contributed by atoms with Gasteiger partial charge in [0.15, 0.2) is 4.34 Å². The molecule has 0 aliphatic rings. The minimum Gasteiger partial charge on any atom is -0.369 e. The number of thioether (sulfide) groups is 1. The van der Waals surface area contributed by atoms with Gasteiger partial charge in [-0.05, 0) is 12.8 Å². The first-order valence-corrected chi connectivity index (χ1v) is 8.53. The summed E-state index contributed by atoms with van der Waals surface area (Å²) in [4.78, 5) is 39.1. The number of imide groups is 1. The number of thiazole rings is 1. The predicted octanol–water partition coefficient (Wildman–Crippen LogP) is 1.05. The van der Waals surface area contributed by atoms with Crippen molar-refractivity contribution in [2.75, 3.05) is 12.3 Å².